The molecule has 0 aliphatic carbocycles. The van der Waals surface area contributed by atoms with Crippen molar-refractivity contribution in [3.05, 3.63) is 53.2 Å². The third-order valence-electron chi connectivity index (χ3n) is 2.35. The summed E-state index contributed by atoms with van der Waals surface area (Å²) in [5.41, 5.74) is -0.536. The Balaban J connectivity index is 2.29. The molecule has 0 unspecified atom stereocenters. The van der Waals surface area contributed by atoms with E-state index in [2.05, 4.69) is 4.98 Å². The molecule has 0 aliphatic heterocycles. The molecule has 0 amide bonds. The van der Waals surface area contributed by atoms with E-state index in [1.54, 1.807) is 6.07 Å². The van der Waals surface area contributed by atoms with Crippen molar-refractivity contribution in [2.75, 3.05) is 0 Å². The zero-order chi connectivity index (χ0) is 14.7. The molecule has 2 aromatic rings. The highest BCUT2D eigenvalue weighted by atomic mass is 19.3. The van der Waals surface area contributed by atoms with E-state index in [0.29, 0.717) is 6.07 Å². The quantitative estimate of drug-likeness (QED) is 0.800. The van der Waals surface area contributed by atoms with Gasteiger partial charge in [-0.15, -0.1) is 0 Å². The molecule has 7 heteroatoms. The SMILES string of the molecule is N#Cc1ccc(Oc2ncc(C(F)F)cc2F)c(F)c1. The van der Waals surface area contributed by atoms with Crippen LogP contribution >= 0.6 is 0 Å². The lowest BCUT2D eigenvalue weighted by molar-refractivity contribution is 0.150. The Labute approximate surface area is 111 Å². The molecule has 0 spiro atoms. The van der Waals surface area contributed by atoms with E-state index < -0.39 is 29.5 Å². The smallest absolute Gasteiger partial charge is 0.265 e. The maximum absolute atomic E-state index is 13.5. The molecule has 102 valence electrons. The Morgan fingerprint density at radius 1 is 1.15 bits per heavy atom. The Morgan fingerprint density at radius 2 is 1.90 bits per heavy atom. The molecule has 1 aromatic carbocycles. The predicted octanol–water partition coefficient (Wildman–Crippen LogP) is 3.96. The highest BCUT2D eigenvalue weighted by Crippen LogP contribution is 2.28. The number of ether oxygens (including phenoxy) is 1. The number of benzene rings is 1. The second-order valence-electron chi connectivity index (χ2n) is 3.72. The molecule has 0 N–H and O–H groups in total. The number of nitrogens with zero attached hydrogens (tertiary/aromatic N) is 2. The molecule has 0 atom stereocenters. The number of rotatable bonds is 3. The first-order chi connectivity index (χ1) is 9.51. The standard InChI is InChI=1S/C13H6F4N2O/c14-9-3-7(5-18)1-2-11(9)20-13-10(15)4-8(6-19-13)12(16)17/h1-4,6,12H. The maximum Gasteiger partial charge on any atom is 0.265 e. The number of nitriles is 1. The third-order valence-corrected chi connectivity index (χ3v) is 2.35. The van der Waals surface area contributed by atoms with Gasteiger partial charge in [-0.05, 0) is 24.3 Å². The summed E-state index contributed by atoms with van der Waals surface area (Å²) >= 11 is 0. The van der Waals surface area contributed by atoms with E-state index in [9.17, 15) is 17.6 Å². The van der Waals surface area contributed by atoms with Crippen LogP contribution in [0.1, 0.15) is 17.6 Å². The molecule has 0 aliphatic rings. The van der Waals surface area contributed by atoms with Crippen LogP contribution in [0.3, 0.4) is 0 Å². The van der Waals surface area contributed by atoms with Gasteiger partial charge in [0.1, 0.15) is 0 Å². The van der Waals surface area contributed by atoms with Crippen molar-refractivity contribution in [2.45, 2.75) is 6.43 Å². The summed E-state index contributed by atoms with van der Waals surface area (Å²) in [6.07, 6.45) is -2.12. The number of hydrogen-bond donors (Lipinski definition) is 0. The van der Waals surface area contributed by atoms with Crippen LogP contribution in [0.4, 0.5) is 17.6 Å². The van der Waals surface area contributed by atoms with Gasteiger partial charge < -0.3 is 4.74 Å². The summed E-state index contributed by atoms with van der Waals surface area (Å²) in [5.74, 6) is -3.01. The molecule has 0 saturated carbocycles. The van der Waals surface area contributed by atoms with Gasteiger partial charge in [-0.25, -0.2) is 22.5 Å². The van der Waals surface area contributed by atoms with Crippen molar-refractivity contribution >= 4 is 0 Å². The summed E-state index contributed by atoms with van der Waals surface area (Å²) in [6.45, 7) is 0. The minimum Gasteiger partial charge on any atom is -0.433 e. The minimum absolute atomic E-state index is 0.0660. The Kier molecular flexibility index (Phi) is 3.84. The van der Waals surface area contributed by atoms with E-state index in [4.69, 9.17) is 10.00 Å². The number of pyridine rings is 1. The largest absolute Gasteiger partial charge is 0.433 e. The number of halogens is 4. The molecule has 0 radical (unpaired) electrons. The van der Waals surface area contributed by atoms with Crippen LogP contribution < -0.4 is 4.74 Å². The first kappa shape index (κ1) is 13.8. The first-order valence-corrected chi connectivity index (χ1v) is 5.32. The zero-order valence-electron chi connectivity index (χ0n) is 9.78. The zero-order valence-corrected chi connectivity index (χ0v) is 9.78. The van der Waals surface area contributed by atoms with Gasteiger partial charge in [0, 0.05) is 11.8 Å². The Hall–Kier alpha value is -2.62. The summed E-state index contributed by atoms with van der Waals surface area (Å²) < 4.78 is 56.5. The van der Waals surface area contributed by atoms with Crippen LogP contribution in [0.25, 0.3) is 0 Å². The molecule has 0 saturated heterocycles. The molecular formula is C13H6F4N2O. The van der Waals surface area contributed by atoms with Gasteiger partial charge in [0.15, 0.2) is 17.4 Å². The minimum atomic E-state index is -2.86. The highest BCUT2D eigenvalue weighted by molar-refractivity contribution is 5.38. The molecule has 3 nitrogen and oxygen atoms in total. The molecule has 1 aromatic heterocycles. The van der Waals surface area contributed by atoms with Gasteiger partial charge in [-0.3, -0.25) is 0 Å². The lowest BCUT2D eigenvalue weighted by Gasteiger charge is -2.07. The van der Waals surface area contributed by atoms with Crippen molar-refractivity contribution in [3.8, 4) is 17.7 Å². The van der Waals surface area contributed by atoms with E-state index in [1.165, 1.54) is 6.07 Å². The fourth-order valence-electron chi connectivity index (χ4n) is 1.39. The molecule has 0 bridgehead atoms. The van der Waals surface area contributed by atoms with Crippen molar-refractivity contribution in [2.24, 2.45) is 0 Å². The Bertz CT molecular complexity index is 683. The van der Waals surface area contributed by atoms with Crippen molar-refractivity contribution in [1.29, 1.82) is 5.26 Å². The molecule has 20 heavy (non-hydrogen) atoms. The average Bonchev–Trinajstić information content (AvgIpc) is 2.42. The maximum atomic E-state index is 13.5. The summed E-state index contributed by atoms with van der Waals surface area (Å²) in [6, 6.07) is 5.58. The highest BCUT2D eigenvalue weighted by Gasteiger charge is 2.15. The van der Waals surface area contributed by atoms with Crippen molar-refractivity contribution < 1.29 is 22.3 Å². The summed E-state index contributed by atoms with van der Waals surface area (Å²) in [4.78, 5) is 3.37. The van der Waals surface area contributed by atoms with Gasteiger partial charge >= 0.3 is 0 Å². The second kappa shape index (κ2) is 5.57. The molecule has 1 heterocycles. The molecule has 0 fully saturated rings. The van der Waals surface area contributed by atoms with Crippen molar-refractivity contribution in [1.82, 2.24) is 4.98 Å². The Morgan fingerprint density at radius 3 is 2.45 bits per heavy atom. The van der Waals surface area contributed by atoms with Gasteiger partial charge in [-0.2, -0.15) is 5.26 Å². The van der Waals surface area contributed by atoms with Crippen LogP contribution in [0.5, 0.6) is 11.6 Å². The van der Waals surface area contributed by atoms with Crippen LogP contribution in [-0.2, 0) is 0 Å². The van der Waals surface area contributed by atoms with Crippen molar-refractivity contribution in [3.63, 3.8) is 0 Å². The third kappa shape index (κ3) is 2.85. The van der Waals surface area contributed by atoms with Crippen LogP contribution in [0.15, 0.2) is 30.5 Å². The number of aromatic nitrogens is 1. The van der Waals surface area contributed by atoms with Gasteiger partial charge in [-0.1, -0.05) is 0 Å². The van der Waals surface area contributed by atoms with Gasteiger partial charge in [0.25, 0.3) is 12.3 Å². The average molecular weight is 282 g/mol. The van der Waals surface area contributed by atoms with E-state index in [0.717, 1.165) is 18.3 Å². The topological polar surface area (TPSA) is 45.9 Å². The second-order valence-corrected chi connectivity index (χ2v) is 3.72. The molecular weight excluding hydrogens is 276 g/mol. The number of hydrogen-bond acceptors (Lipinski definition) is 3. The van der Waals surface area contributed by atoms with Crippen LogP contribution in [0, 0.1) is 23.0 Å². The predicted molar refractivity (Wildman–Crippen MR) is 60.3 cm³/mol. The fourth-order valence-corrected chi connectivity index (χ4v) is 1.39. The van der Waals surface area contributed by atoms with E-state index in [1.807, 2.05) is 0 Å². The summed E-state index contributed by atoms with van der Waals surface area (Å²) in [7, 11) is 0. The normalized spacial score (nSPS) is 10.4. The molecule has 2 rings (SSSR count). The number of alkyl halides is 2. The lowest BCUT2D eigenvalue weighted by atomic mass is 10.2. The van der Waals surface area contributed by atoms with Crippen LogP contribution in [0.2, 0.25) is 0 Å². The van der Waals surface area contributed by atoms with Gasteiger partial charge in [0.2, 0.25) is 0 Å². The fraction of sp³-hybridized carbons (Fsp3) is 0.0769. The monoisotopic (exact) mass is 282 g/mol. The summed E-state index contributed by atoms with van der Waals surface area (Å²) in [5, 5.41) is 8.57. The van der Waals surface area contributed by atoms with E-state index >= 15 is 0 Å². The van der Waals surface area contributed by atoms with E-state index in [-0.39, 0.29) is 11.3 Å². The lowest BCUT2D eigenvalue weighted by Crippen LogP contribution is -1.97. The van der Waals surface area contributed by atoms with Gasteiger partial charge in [0.05, 0.1) is 11.6 Å². The first-order valence-electron chi connectivity index (χ1n) is 5.32. The van der Waals surface area contributed by atoms with Crippen LogP contribution in [-0.4, -0.2) is 4.98 Å².